The average Bonchev–Trinajstić information content (AvgIpc) is 2.67. The van der Waals surface area contributed by atoms with Crippen LogP contribution in [0.1, 0.15) is 19.2 Å². The molecule has 1 aromatic heterocycles. The second-order valence-corrected chi connectivity index (χ2v) is 2.78. The van der Waals surface area contributed by atoms with E-state index in [-0.39, 0.29) is 0 Å². The normalized spacial score (nSPS) is 11.6. The third-order valence-corrected chi connectivity index (χ3v) is 1.56. The lowest BCUT2D eigenvalue weighted by Gasteiger charge is -2.02. The third kappa shape index (κ3) is 3.88. The number of hydrogen-bond donors (Lipinski definition) is 2. The van der Waals surface area contributed by atoms with Crippen molar-refractivity contribution in [1.29, 1.82) is 0 Å². The summed E-state index contributed by atoms with van der Waals surface area (Å²) in [4.78, 5) is 7.95. The van der Waals surface area contributed by atoms with Crippen LogP contribution in [0.15, 0.2) is 15.8 Å². The molecule has 1 heterocycles. The van der Waals surface area contributed by atoms with Crippen LogP contribution in [-0.4, -0.2) is 29.2 Å². The van der Waals surface area contributed by atoms with Crippen molar-refractivity contribution >= 4 is 5.96 Å². The molecule has 0 radical (unpaired) electrons. The minimum Gasteiger partial charge on any atom is -0.370 e. The molecular formula is C8H15N5O. The van der Waals surface area contributed by atoms with Gasteiger partial charge >= 0.3 is 0 Å². The number of rotatable bonds is 5. The summed E-state index contributed by atoms with van der Waals surface area (Å²) in [7, 11) is 0. The maximum atomic E-state index is 5.57. The predicted octanol–water partition coefficient (Wildman–Crippen LogP) is -0.0736. The largest absolute Gasteiger partial charge is 0.370 e. The van der Waals surface area contributed by atoms with Crippen LogP contribution >= 0.6 is 0 Å². The Labute approximate surface area is 82.6 Å². The quantitative estimate of drug-likeness (QED) is 0.509. The van der Waals surface area contributed by atoms with Gasteiger partial charge in [0.05, 0.1) is 0 Å². The molecule has 0 saturated carbocycles. The van der Waals surface area contributed by atoms with E-state index >= 15 is 0 Å². The molecular weight excluding hydrogens is 182 g/mol. The van der Waals surface area contributed by atoms with E-state index in [0.29, 0.717) is 24.8 Å². The zero-order valence-corrected chi connectivity index (χ0v) is 8.23. The molecule has 1 aromatic rings. The van der Waals surface area contributed by atoms with Crippen molar-refractivity contribution in [3.05, 3.63) is 12.2 Å². The first-order valence-electron chi connectivity index (χ1n) is 4.62. The van der Waals surface area contributed by atoms with Gasteiger partial charge in [0.15, 0.2) is 12.3 Å². The molecule has 0 spiro atoms. The molecule has 3 N–H and O–H groups in total. The van der Waals surface area contributed by atoms with Gasteiger partial charge in [0.25, 0.3) is 0 Å². The highest BCUT2D eigenvalue weighted by molar-refractivity contribution is 5.77. The molecule has 14 heavy (non-hydrogen) atoms. The summed E-state index contributed by atoms with van der Waals surface area (Å²) in [6, 6.07) is 0. The highest BCUT2D eigenvalue weighted by atomic mass is 16.5. The van der Waals surface area contributed by atoms with Crippen molar-refractivity contribution < 1.29 is 4.52 Å². The van der Waals surface area contributed by atoms with Gasteiger partial charge in [-0.1, -0.05) is 12.1 Å². The lowest BCUT2D eigenvalue weighted by molar-refractivity contribution is 0.377. The molecule has 0 atom stereocenters. The number of nitrogens with one attached hydrogen (secondary N) is 1. The highest BCUT2D eigenvalue weighted by Crippen LogP contribution is 1.89. The van der Waals surface area contributed by atoms with Crippen LogP contribution in [0.2, 0.25) is 0 Å². The molecule has 0 unspecified atom stereocenters. The van der Waals surface area contributed by atoms with Gasteiger partial charge in [0.1, 0.15) is 0 Å². The zero-order chi connectivity index (χ0) is 10.2. The second-order valence-electron chi connectivity index (χ2n) is 2.78. The molecule has 0 aliphatic carbocycles. The van der Waals surface area contributed by atoms with E-state index in [4.69, 9.17) is 10.3 Å². The first kappa shape index (κ1) is 10.5. The van der Waals surface area contributed by atoms with E-state index in [9.17, 15) is 0 Å². The Kier molecular flexibility index (Phi) is 4.46. The molecule has 1 rings (SSSR count). The predicted molar refractivity (Wildman–Crippen MR) is 52.8 cm³/mol. The fraction of sp³-hybridized carbons (Fsp3) is 0.625. The number of nitrogens with two attached hydrogens (primary N) is 1. The molecule has 6 nitrogen and oxygen atoms in total. The Balaban J connectivity index is 2.15. The smallest absolute Gasteiger partial charge is 0.228 e. The van der Waals surface area contributed by atoms with Crippen LogP contribution in [0.25, 0.3) is 0 Å². The number of nitrogens with zero attached hydrogens (tertiary/aromatic N) is 3. The Bertz CT molecular complexity index is 269. The Hall–Kier alpha value is -1.59. The van der Waals surface area contributed by atoms with Gasteiger partial charge in [-0.15, -0.1) is 0 Å². The number of hydrogen-bond acceptors (Lipinski definition) is 4. The lowest BCUT2D eigenvalue weighted by Crippen LogP contribution is -2.33. The number of aromatic nitrogens is 2. The molecule has 6 heteroatoms. The summed E-state index contributed by atoms with van der Waals surface area (Å²) in [6.45, 7) is 3.45. The maximum absolute atomic E-state index is 5.57. The number of guanidine groups is 1. The lowest BCUT2D eigenvalue weighted by atomic mass is 10.4. The van der Waals surface area contributed by atoms with E-state index in [1.54, 1.807) is 0 Å². The molecule has 78 valence electrons. The molecule has 0 aliphatic rings. The van der Waals surface area contributed by atoms with E-state index in [1.807, 2.05) is 0 Å². The molecule has 0 saturated heterocycles. The minimum absolute atomic E-state index is 0.464. The first-order chi connectivity index (χ1) is 6.83. The molecule has 0 aliphatic heterocycles. The van der Waals surface area contributed by atoms with E-state index < -0.39 is 0 Å². The minimum atomic E-state index is 0.464. The van der Waals surface area contributed by atoms with E-state index in [2.05, 4.69) is 27.4 Å². The summed E-state index contributed by atoms with van der Waals surface area (Å²) < 4.78 is 4.81. The molecule has 0 bridgehead atoms. The summed E-state index contributed by atoms with van der Waals surface area (Å²) in [5, 5.41) is 6.45. The van der Waals surface area contributed by atoms with Gasteiger partial charge in [0, 0.05) is 19.5 Å². The molecule has 0 aromatic carbocycles. The van der Waals surface area contributed by atoms with Gasteiger partial charge in [-0.25, -0.2) is 0 Å². The summed E-state index contributed by atoms with van der Waals surface area (Å²) >= 11 is 0. The fourth-order valence-electron chi connectivity index (χ4n) is 0.892. The van der Waals surface area contributed by atoms with Gasteiger partial charge in [0.2, 0.25) is 5.89 Å². The monoisotopic (exact) mass is 197 g/mol. The van der Waals surface area contributed by atoms with Crippen molar-refractivity contribution in [2.45, 2.75) is 19.8 Å². The average molecular weight is 197 g/mol. The van der Waals surface area contributed by atoms with Gasteiger partial charge < -0.3 is 15.6 Å². The van der Waals surface area contributed by atoms with Crippen LogP contribution in [0.3, 0.4) is 0 Å². The SMILES string of the molecule is CCCN=C(N)NCCc1ncno1. The van der Waals surface area contributed by atoms with Crippen LogP contribution in [0.4, 0.5) is 0 Å². The highest BCUT2D eigenvalue weighted by Gasteiger charge is 1.98. The Morgan fingerprint density at radius 2 is 2.57 bits per heavy atom. The van der Waals surface area contributed by atoms with Crippen LogP contribution in [-0.2, 0) is 6.42 Å². The van der Waals surface area contributed by atoms with E-state index in [1.165, 1.54) is 6.33 Å². The topological polar surface area (TPSA) is 89.3 Å². The maximum Gasteiger partial charge on any atom is 0.228 e. The van der Waals surface area contributed by atoms with Gasteiger partial charge in [-0.3, -0.25) is 4.99 Å². The number of aliphatic imine (C=N–C) groups is 1. The summed E-state index contributed by atoms with van der Waals surface area (Å²) in [5.74, 6) is 1.06. The van der Waals surface area contributed by atoms with Crippen molar-refractivity contribution in [2.75, 3.05) is 13.1 Å². The van der Waals surface area contributed by atoms with Crippen molar-refractivity contribution in [2.24, 2.45) is 10.7 Å². The van der Waals surface area contributed by atoms with Gasteiger partial charge in [-0.05, 0) is 6.42 Å². The zero-order valence-electron chi connectivity index (χ0n) is 8.23. The Morgan fingerprint density at radius 3 is 3.21 bits per heavy atom. The Morgan fingerprint density at radius 1 is 1.71 bits per heavy atom. The van der Waals surface area contributed by atoms with Gasteiger partial charge in [-0.2, -0.15) is 4.98 Å². The summed E-state index contributed by atoms with van der Waals surface area (Å²) in [5.41, 5.74) is 5.57. The van der Waals surface area contributed by atoms with Crippen molar-refractivity contribution in [1.82, 2.24) is 15.5 Å². The van der Waals surface area contributed by atoms with Crippen molar-refractivity contribution in [3.63, 3.8) is 0 Å². The molecule has 0 fully saturated rings. The van der Waals surface area contributed by atoms with Crippen LogP contribution < -0.4 is 11.1 Å². The molecule has 0 amide bonds. The second kappa shape index (κ2) is 5.95. The third-order valence-electron chi connectivity index (χ3n) is 1.56. The summed E-state index contributed by atoms with van der Waals surface area (Å²) in [6.07, 6.45) is 3.03. The van der Waals surface area contributed by atoms with Crippen LogP contribution in [0.5, 0.6) is 0 Å². The van der Waals surface area contributed by atoms with Crippen LogP contribution in [0, 0.1) is 0 Å². The van der Waals surface area contributed by atoms with Crippen molar-refractivity contribution in [3.8, 4) is 0 Å². The van der Waals surface area contributed by atoms with E-state index in [0.717, 1.165) is 13.0 Å². The first-order valence-corrected chi connectivity index (χ1v) is 4.62. The standard InChI is InChI=1S/C8H15N5O/c1-2-4-10-8(9)11-5-3-7-12-6-13-14-7/h6H,2-5H2,1H3,(H3,9,10,11). The fourth-order valence-corrected chi connectivity index (χ4v) is 0.892.